The number of hydrogen-bond donors (Lipinski definition) is 0. The minimum atomic E-state index is -0.0903. The van der Waals surface area contributed by atoms with Gasteiger partial charge in [-0.05, 0) is 30.9 Å². The third kappa shape index (κ3) is 3.85. The van der Waals surface area contributed by atoms with Crippen LogP contribution in [0.2, 0.25) is 0 Å². The number of hydrogen-bond acceptors (Lipinski definition) is 6. The van der Waals surface area contributed by atoms with Gasteiger partial charge >= 0.3 is 0 Å². The first-order valence-electron chi connectivity index (χ1n) is 9.81. The van der Waals surface area contributed by atoms with Crippen molar-refractivity contribution in [2.24, 2.45) is 5.92 Å². The van der Waals surface area contributed by atoms with Crippen LogP contribution in [0.25, 0.3) is 0 Å². The second-order valence-corrected chi connectivity index (χ2v) is 7.49. The zero-order chi connectivity index (χ0) is 19.5. The molecule has 0 spiro atoms. The lowest BCUT2D eigenvalue weighted by Gasteiger charge is -2.35. The summed E-state index contributed by atoms with van der Waals surface area (Å²) in [5.74, 6) is 1.64. The molecule has 2 amide bonds. The van der Waals surface area contributed by atoms with Crippen LogP contribution in [0.1, 0.15) is 40.8 Å². The van der Waals surface area contributed by atoms with E-state index in [1.165, 1.54) is 6.26 Å². The Bertz CT molecular complexity index is 805. The normalized spacial score (nSPS) is 18.4. The predicted molar refractivity (Wildman–Crippen MR) is 103 cm³/mol. The van der Waals surface area contributed by atoms with E-state index in [4.69, 9.17) is 4.42 Å². The monoisotopic (exact) mass is 383 g/mol. The summed E-state index contributed by atoms with van der Waals surface area (Å²) in [7, 11) is 0. The van der Waals surface area contributed by atoms with Gasteiger partial charge in [-0.3, -0.25) is 9.59 Å². The molecule has 0 aliphatic carbocycles. The van der Waals surface area contributed by atoms with Crippen molar-refractivity contribution in [3.63, 3.8) is 0 Å². The van der Waals surface area contributed by atoms with Gasteiger partial charge in [0, 0.05) is 39.3 Å². The maximum absolute atomic E-state index is 12.6. The van der Waals surface area contributed by atoms with E-state index in [0.29, 0.717) is 43.6 Å². The van der Waals surface area contributed by atoms with Crippen molar-refractivity contribution < 1.29 is 14.0 Å². The van der Waals surface area contributed by atoms with Crippen molar-refractivity contribution in [1.82, 2.24) is 19.8 Å². The summed E-state index contributed by atoms with van der Waals surface area (Å²) >= 11 is 0. The predicted octanol–water partition coefficient (Wildman–Crippen LogP) is 1.90. The molecule has 2 aromatic rings. The number of rotatable bonds is 3. The number of anilines is 1. The average molecular weight is 383 g/mol. The van der Waals surface area contributed by atoms with E-state index >= 15 is 0 Å². The van der Waals surface area contributed by atoms with Crippen LogP contribution < -0.4 is 4.90 Å². The summed E-state index contributed by atoms with van der Waals surface area (Å²) in [4.78, 5) is 39.4. The number of furan rings is 1. The molecule has 0 radical (unpaired) electrons. The fraction of sp³-hybridized carbons (Fsp3) is 0.500. The Morgan fingerprint density at radius 2 is 1.68 bits per heavy atom. The van der Waals surface area contributed by atoms with Crippen LogP contribution >= 0.6 is 0 Å². The van der Waals surface area contributed by atoms with Crippen molar-refractivity contribution in [3.8, 4) is 0 Å². The number of likely N-dealkylation sites (tertiary alicyclic amines) is 1. The molecule has 0 bridgehead atoms. The van der Waals surface area contributed by atoms with Gasteiger partial charge in [-0.15, -0.1) is 0 Å². The molecule has 0 aromatic carbocycles. The highest BCUT2D eigenvalue weighted by atomic mass is 16.3. The highest BCUT2D eigenvalue weighted by Gasteiger charge is 2.26. The lowest BCUT2D eigenvalue weighted by molar-refractivity contribution is 0.0688. The van der Waals surface area contributed by atoms with Gasteiger partial charge in [0.25, 0.3) is 11.8 Å². The van der Waals surface area contributed by atoms with E-state index in [1.807, 2.05) is 4.90 Å². The van der Waals surface area contributed by atoms with E-state index in [0.717, 1.165) is 31.7 Å². The molecule has 8 nitrogen and oxygen atoms in total. The molecule has 0 unspecified atom stereocenters. The van der Waals surface area contributed by atoms with E-state index in [2.05, 4.69) is 21.8 Å². The molecule has 2 fully saturated rings. The molecule has 4 heterocycles. The lowest BCUT2D eigenvalue weighted by Crippen LogP contribution is -2.49. The molecule has 2 aliphatic heterocycles. The van der Waals surface area contributed by atoms with Gasteiger partial charge in [0.05, 0.1) is 18.7 Å². The number of aromatic nitrogens is 2. The Labute approximate surface area is 164 Å². The maximum atomic E-state index is 12.6. The molecule has 148 valence electrons. The van der Waals surface area contributed by atoms with Gasteiger partial charge in [0.1, 0.15) is 11.5 Å². The van der Waals surface area contributed by atoms with Crippen LogP contribution in [0.15, 0.2) is 35.2 Å². The number of piperazine rings is 1. The SMILES string of the molecule is CC1CCN(C(=O)c2cnc(N3CCN(C(=O)c4ccco4)CC3)cn2)CC1. The van der Waals surface area contributed by atoms with Crippen LogP contribution in [0.3, 0.4) is 0 Å². The average Bonchev–Trinajstić information content (AvgIpc) is 3.28. The lowest BCUT2D eigenvalue weighted by atomic mass is 9.99. The zero-order valence-corrected chi connectivity index (χ0v) is 16.1. The van der Waals surface area contributed by atoms with Crippen LogP contribution in [0, 0.1) is 5.92 Å². The second kappa shape index (κ2) is 8.00. The molecule has 2 saturated heterocycles. The third-order valence-electron chi connectivity index (χ3n) is 5.55. The van der Waals surface area contributed by atoms with Gasteiger partial charge in [-0.1, -0.05) is 6.92 Å². The first-order chi connectivity index (χ1) is 13.6. The molecule has 8 heteroatoms. The Morgan fingerprint density at radius 1 is 0.964 bits per heavy atom. The standard InChI is InChI=1S/C20H25N5O3/c1-15-4-6-24(7-5-15)19(26)16-13-22-18(14-21-16)23-8-10-25(11-9-23)20(27)17-3-2-12-28-17/h2-3,12-15H,4-11H2,1H3. The van der Waals surface area contributed by atoms with Crippen LogP contribution in [0.5, 0.6) is 0 Å². The van der Waals surface area contributed by atoms with Gasteiger partial charge in [-0.25, -0.2) is 9.97 Å². The third-order valence-corrected chi connectivity index (χ3v) is 5.55. The molecule has 0 N–H and O–H groups in total. The minimum absolute atomic E-state index is 0.0418. The van der Waals surface area contributed by atoms with Crippen molar-refractivity contribution in [2.45, 2.75) is 19.8 Å². The highest BCUT2D eigenvalue weighted by Crippen LogP contribution is 2.19. The summed E-state index contributed by atoms with van der Waals surface area (Å²) < 4.78 is 5.19. The van der Waals surface area contributed by atoms with Crippen LogP contribution in [-0.4, -0.2) is 70.9 Å². The van der Waals surface area contributed by atoms with E-state index in [-0.39, 0.29) is 11.8 Å². The summed E-state index contributed by atoms with van der Waals surface area (Å²) in [5.41, 5.74) is 0.393. The molecular formula is C20H25N5O3. The van der Waals surface area contributed by atoms with Gasteiger partial charge in [0.15, 0.2) is 5.76 Å². The maximum Gasteiger partial charge on any atom is 0.289 e. The summed E-state index contributed by atoms with van der Waals surface area (Å²) in [6, 6.07) is 3.39. The Hall–Kier alpha value is -2.90. The Kier molecular flexibility index (Phi) is 5.27. The zero-order valence-electron chi connectivity index (χ0n) is 16.1. The molecular weight excluding hydrogens is 358 g/mol. The molecule has 4 rings (SSSR count). The minimum Gasteiger partial charge on any atom is -0.459 e. The van der Waals surface area contributed by atoms with Crippen molar-refractivity contribution in [3.05, 3.63) is 42.2 Å². The molecule has 0 atom stereocenters. The van der Waals surface area contributed by atoms with E-state index in [1.54, 1.807) is 29.4 Å². The number of amides is 2. The summed E-state index contributed by atoms with van der Waals surface area (Å²) in [5, 5.41) is 0. The van der Waals surface area contributed by atoms with Crippen molar-refractivity contribution >= 4 is 17.6 Å². The Balaban J connectivity index is 1.33. The van der Waals surface area contributed by atoms with Crippen LogP contribution in [0.4, 0.5) is 5.82 Å². The van der Waals surface area contributed by atoms with Crippen LogP contribution in [-0.2, 0) is 0 Å². The summed E-state index contributed by atoms with van der Waals surface area (Å²) in [6.45, 7) is 6.31. The highest BCUT2D eigenvalue weighted by molar-refractivity contribution is 5.92. The number of nitrogens with zero attached hydrogens (tertiary/aromatic N) is 5. The molecule has 0 saturated carbocycles. The molecule has 2 aromatic heterocycles. The first-order valence-corrected chi connectivity index (χ1v) is 9.81. The number of carbonyl (C=O) groups is 2. The number of carbonyl (C=O) groups excluding carboxylic acids is 2. The van der Waals surface area contributed by atoms with E-state index in [9.17, 15) is 9.59 Å². The largest absolute Gasteiger partial charge is 0.459 e. The molecule has 2 aliphatic rings. The fourth-order valence-electron chi connectivity index (χ4n) is 3.66. The summed E-state index contributed by atoms with van der Waals surface area (Å²) in [6.07, 6.45) is 6.81. The quantitative estimate of drug-likeness (QED) is 0.805. The first kappa shape index (κ1) is 18.5. The molecule has 28 heavy (non-hydrogen) atoms. The van der Waals surface area contributed by atoms with Gasteiger partial charge < -0.3 is 19.1 Å². The Morgan fingerprint density at radius 3 is 2.29 bits per heavy atom. The second-order valence-electron chi connectivity index (χ2n) is 7.49. The topological polar surface area (TPSA) is 82.8 Å². The van der Waals surface area contributed by atoms with Crippen molar-refractivity contribution in [2.75, 3.05) is 44.2 Å². The van der Waals surface area contributed by atoms with E-state index < -0.39 is 0 Å². The smallest absolute Gasteiger partial charge is 0.289 e. The van der Waals surface area contributed by atoms with Crippen molar-refractivity contribution in [1.29, 1.82) is 0 Å². The van der Waals surface area contributed by atoms with Gasteiger partial charge in [-0.2, -0.15) is 0 Å². The fourth-order valence-corrected chi connectivity index (χ4v) is 3.66. The number of piperidine rings is 1. The van der Waals surface area contributed by atoms with Gasteiger partial charge in [0.2, 0.25) is 0 Å².